The highest BCUT2D eigenvalue weighted by atomic mass is 16.4. The molecule has 0 atom stereocenters. The number of phenols is 1. The number of hydrogen-bond donors (Lipinski definition) is 3. The number of hydrogen-bond acceptors (Lipinski definition) is 4. The predicted molar refractivity (Wildman–Crippen MR) is 67.8 cm³/mol. The van der Waals surface area contributed by atoms with Gasteiger partial charge in [-0.15, -0.1) is 0 Å². The van der Waals surface area contributed by atoms with Crippen LogP contribution in [0.1, 0.15) is 22.8 Å². The molecule has 1 aromatic rings. The molecule has 0 aliphatic heterocycles. The summed E-state index contributed by atoms with van der Waals surface area (Å²) in [5.74, 6) is -0.489. The van der Waals surface area contributed by atoms with E-state index in [9.17, 15) is 9.90 Å². The van der Waals surface area contributed by atoms with E-state index in [1.807, 2.05) is 6.92 Å². The van der Waals surface area contributed by atoms with Gasteiger partial charge in [-0.3, -0.25) is 4.79 Å². The van der Waals surface area contributed by atoms with Crippen molar-refractivity contribution in [1.29, 1.82) is 0 Å². The molecular formula is C12H17N3O3. The first-order chi connectivity index (χ1) is 8.49. The van der Waals surface area contributed by atoms with Crippen LogP contribution in [0.5, 0.6) is 5.75 Å². The molecule has 6 heteroatoms. The van der Waals surface area contributed by atoms with Crippen molar-refractivity contribution in [1.82, 2.24) is 4.90 Å². The topological polar surface area (TPSA) is 99.1 Å². The zero-order valence-corrected chi connectivity index (χ0v) is 10.4. The van der Waals surface area contributed by atoms with Crippen LogP contribution in [-0.2, 0) is 0 Å². The molecule has 0 saturated heterocycles. The molecule has 0 heterocycles. The lowest BCUT2D eigenvalue weighted by molar-refractivity contribution is 0.0783. The second-order valence-electron chi connectivity index (χ2n) is 3.93. The van der Waals surface area contributed by atoms with Gasteiger partial charge in [0.1, 0.15) is 5.75 Å². The number of aromatic hydroxyl groups is 1. The maximum absolute atomic E-state index is 12.1. The zero-order chi connectivity index (χ0) is 13.7. The molecule has 0 radical (unpaired) electrons. The summed E-state index contributed by atoms with van der Waals surface area (Å²) in [4.78, 5) is 13.5. The molecule has 0 aliphatic carbocycles. The molecule has 18 heavy (non-hydrogen) atoms. The van der Waals surface area contributed by atoms with Crippen LogP contribution in [-0.4, -0.2) is 40.0 Å². The van der Waals surface area contributed by atoms with Gasteiger partial charge >= 0.3 is 0 Å². The number of amides is 1. The van der Waals surface area contributed by atoms with Crippen molar-refractivity contribution >= 4 is 11.7 Å². The summed E-state index contributed by atoms with van der Waals surface area (Å²) in [5, 5.41) is 21.1. The summed E-state index contributed by atoms with van der Waals surface area (Å²) < 4.78 is 0. The van der Waals surface area contributed by atoms with Gasteiger partial charge in [0.2, 0.25) is 0 Å². The van der Waals surface area contributed by atoms with E-state index in [4.69, 9.17) is 10.9 Å². The fourth-order valence-corrected chi connectivity index (χ4v) is 1.55. The van der Waals surface area contributed by atoms with E-state index in [0.29, 0.717) is 6.54 Å². The third kappa shape index (κ3) is 3.13. The Labute approximate surface area is 105 Å². The highest BCUT2D eigenvalue weighted by molar-refractivity contribution is 5.99. The second kappa shape index (κ2) is 5.90. The fourth-order valence-electron chi connectivity index (χ4n) is 1.55. The van der Waals surface area contributed by atoms with Gasteiger partial charge in [0.05, 0.1) is 12.1 Å². The number of nitrogens with two attached hydrogens (primary N) is 1. The van der Waals surface area contributed by atoms with E-state index in [-0.39, 0.29) is 29.6 Å². The number of benzene rings is 1. The zero-order valence-electron chi connectivity index (χ0n) is 10.4. The van der Waals surface area contributed by atoms with E-state index in [1.165, 1.54) is 11.0 Å². The maximum atomic E-state index is 12.1. The lowest BCUT2D eigenvalue weighted by atomic mass is 10.1. The minimum absolute atomic E-state index is 0.0130. The maximum Gasteiger partial charge on any atom is 0.258 e. The molecule has 1 rings (SSSR count). The Morgan fingerprint density at radius 2 is 2.17 bits per heavy atom. The van der Waals surface area contributed by atoms with Crippen molar-refractivity contribution in [3.8, 4) is 5.75 Å². The number of carbonyl (C=O) groups excluding carboxylic acids is 1. The quantitative estimate of drug-likeness (QED) is 0.320. The molecule has 0 saturated carbocycles. The number of aryl methyl sites for hydroxylation is 1. The molecule has 0 bridgehead atoms. The molecular weight excluding hydrogens is 234 g/mol. The van der Waals surface area contributed by atoms with E-state index < -0.39 is 0 Å². The lowest BCUT2D eigenvalue weighted by Gasteiger charge is -2.20. The Hall–Kier alpha value is -2.24. The summed E-state index contributed by atoms with van der Waals surface area (Å²) in [6, 6.07) is 4.82. The summed E-state index contributed by atoms with van der Waals surface area (Å²) in [6.07, 6.45) is 0. The number of nitrogens with zero attached hydrogens (tertiary/aromatic N) is 2. The third-order valence-corrected chi connectivity index (χ3v) is 2.53. The highest BCUT2D eigenvalue weighted by Gasteiger charge is 2.18. The molecule has 0 unspecified atom stereocenters. The van der Waals surface area contributed by atoms with E-state index >= 15 is 0 Å². The van der Waals surface area contributed by atoms with E-state index in [0.717, 1.165) is 5.56 Å². The molecule has 4 N–H and O–H groups in total. The largest absolute Gasteiger partial charge is 0.507 e. The standard InChI is InChI=1S/C12H17N3O3/c1-3-15(7-11(13)14-18)12(17)9-5-4-8(2)6-10(9)16/h4-6,16,18H,3,7H2,1-2H3,(H2,13,14). The van der Waals surface area contributed by atoms with Crippen LogP contribution in [0.3, 0.4) is 0 Å². The van der Waals surface area contributed by atoms with Gasteiger partial charge in [0, 0.05) is 6.54 Å². The molecule has 0 aromatic heterocycles. The highest BCUT2D eigenvalue weighted by Crippen LogP contribution is 2.20. The van der Waals surface area contributed by atoms with Gasteiger partial charge < -0.3 is 20.9 Å². The van der Waals surface area contributed by atoms with Gasteiger partial charge in [0.25, 0.3) is 5.91 Å². The third-order valence-electron chi connectivity index (χ3n) is 2.53. The van der Waals surface area contributed by atoms with Gasteiger partial charge in [-0.05, 0) is 31.5 Å². The average Bonchev–Trinajstić information content (AvgIpc) is 2.34. The first-order valence-corrected chi connectivity index (χ1v) is 5.54. The van der Waals surface area contributed by atoms with Gasteiger partial charge in [-0.25, -0.2) is 0 Å². The number of phenolic OH excluding ortho intramolecular Hbond substituents is 1. The smallest absolute Gasteiger partial charge is 0.258 e. The number of amidine groups is 1. The average molecular weight is 251 g/mol. The van der Waals surface area contributed by atoms with Crippen LogP contribution in [0.25, 0.3) is 0 Å². The van der Waals surface area contributed by atoms with Crippen LogP contribution in [0.2, 0.25) is 0 Å². The minimum Gasteiger partial charge on any atom is -0.507 e. The SMILES string of the molecule is CCN(CC(N)=NO)C(=O)c1ccc(C)cc1O. The number of likely N-dealkylation sites (N-methyl/N-ethyl adjacent to an activating group) is 1. The predicted octanol–water partition coefficient (Wildman–Crippen LogP) is 0.909. The number of rotatable bonds is 4. The molecule has 1 amide bonds. The van der Waals surface area contributed by atoms with Gasteiger partial charge in [-0.1, -0.05) is 11.2 Å². The molecule has 0 fully saturated rings. The number of oxime groups is 1. The van der Waals surface area contributed by atoms with Crippen molar-refractivity contribution in [2.45, 2.75) is 13.8 Å². The summed E-state index contributed by atoms with van der Waals surface area (Å²) >= 11 is 0. The normalized spacial score (nSPS) is 11.3. The van der Waals surface area contributed by atoms with Gasteiger partial charge in [0.15, 0.2) is 5.84 Å². The minimum atomic E-state index is -0.360. The molecule has 0 aliphatic rings. The van der Waals surface area contributed by atoms with E-state index in [1.54, 1.807) is 19.1 Å². The Morgan fingerprint density at radius 1 is 1.50 bits per heavy atom. The second-order valence-corrected chi connectivity index (χ2v) is 3.93. The first kappa shape index (κ1) is 13.8. The lowest BCUT2D eigenvalue weighted by Crippen LogP contribution is -2.38. The monoisotopic (exact) mass is 251 g/mol. The van der Waals surface area contributed by atoms with Crippen molar-refractivity contribution in [2.75, 3.05) is 13.1 Å². The molecule has 6 nitrogen and oxygen atoms in total. The fraction of sp³-hybridized carbons (Fsp3) is 0.333. The van der Waals surface area contributed by atoms with Crippen molar-refractivity contribution in [2.24, 2.45) is 10.9 Å². The van der Waals surface area contributed by atoms with Crippen LogP contribution in [0.15, 0.2) is 23.4 Å². The Bertz CT molecular complexity index is 472. The van der Waals surface area contributed by atoms with Crippen LogP contribution < -0.4 is 5.73 Å². The summed E-state index contributed by atoms with van der Waals surface area (Å²) in [7, 11) is 0. The Kier molecular flexibility index (Phi) is 4.53. The van der Waals surface area contributed by atoms with E-state index in [2.05, 4.69) is 5.16 Å². The molecule has 98 valence electrons. The first-order valence-electron chi connectivity index (χ1n) is 5.54. The van der Waals surface area contributed by atoms with Crippen molar-refractivity contribution in [3.05, 3.63) is 29.3 Å². The van der Waals surface area contributed by atoms with Crippen molar-refractivity contribution < 1.29 is 15.1 Å². The summed E-state index contributed by atoms with van der Waals surface area (Å²) in [5.41, 5.74) is 6.44. The Morgan fingerprint density at radius 3 is 2.67 bits per heavy atom. The number of carbonyl (C=O) groups is 1. The van der Waals surface area contributed by atoms with Crippen LogP contribution >= 0.6 is 0 Å². The summed E-state index contributed by atoms with van der Waals surface area (Å²) in [6.45, 7) is 4.00. The Balaban J connectivity index is 2.96. The van der Waals surface area contributed by atoms with Gasteiger partial charge in [-0.2, -0.15) is 0 Å². The van der Waals surface area contributed by atoms with Crippen LogP contribution in [0.4, 0.5) is 0 Å². The van der Waals surface area contributed by atoms with Crippen LogP contribution in [0, 0.1) is 6.92 Å². The molecule has 0 spiro atoms. The molecule has 1 aromatic carbocycles. The van der Waals surface area contributed by atoms with Crippen molar-refractivity contribution in [3.63, 3.8) is 0 Å².